The summed E-state index contributed by atoms with van der Waals surface area (Å²) in [5.74, 6) is -0.762. The molecule has 1 atom stereocenters. The van der Waals surface area contributed by atoms with Crippen molar-refractivity contribution in [3.8, 4) is 0 Å². The van der Waals surface area contributed by atoms with Crippen LogP contribution in [-0.4, -0.2) is 30.8 Å². The lowest BCUT2D eigenvalue weighted by atomic mass is 10.1. The topological polar surface area (TPSA) is 58.2 Å². The van der Waals surface area contributed by atoms with Gasteiger partial charge in [0, 0.05) is 6.04 Å². The predicted molar refractivity (Wildman–Crippen MR) is 53.9 cm³/mol. The van der Waals surface area contributed by atoms with Gasteiger partial charge >= 0.3 is 0 Å². The zero-order chi connectivity index (χ0) is 10.6. The minimum absolute atomic E-state index is 0.255. The monoisotopic (exact) mass is 198 g/mol. The highest BCUT2D eigenvalue weighted by Gasteiger charge is 2.29. The standard InChI is InChI=1S/C10H18N2O2/c1-3-4-8(11-2)9(13)10(14)12-7-5-6-7/h7-8,11H,3-6H2,1-2H3,(H,12,14)/t8-/m0/s1. The number of hydrogen-bond acceptors (Lipinski definition) is 3. The molecule has 0 aliphatic heterocycles. The Morgan fingerprint density at radius 1 is 1.43 bits per heavy atom. The summed E-state index contributed by atoms with van der Waals surface area (Å²) in [7, 11) is 1.71. The van der Waals surface area contributed by atoms with E-state index in [1.54, 1.807) is 7.05 Å². The van der Waals surface area contributed by atoms with Crippen LogP contribution < -0.4 is 10.6 Å². The van der Waals surface area contributed by atoms with Crippen LogP contribution in [0.1, 0.15) is 32.6 Å². The number of hydrogen-bond donors (Lipinski definition) is 2. The molecule has 14 heavy (non-hydrogen) atoms. The average Bonchev–Trinajstić information content (AvgIpc) is 2.96. The summed E-state index contributed by atoms with van der Waals surface area (Å²) >= 11 is 0. The molecule has 1 fully saturated rings. The van der Waals surface area contributed by atoms with E-state index in [-0.39, 0.29) is 17.9 Å². The Kier molecular flexibility index (Phi) is 4.07. The molecule has 0 unspecified atom stereocenters. The number of nitrogens with one attached hydrogen (secondary N) is 2. The normalized spacial score (nSPS) is 17.6. The van der Waals surface area contributed by atoms with Gasteiger partial charge < -0.3 is 10.6 Å². The van der Waals surface area contributed by atoms with Crippen molar-refractivity contribution in [1.29, 1.82) is 0 Å². The van der Waals surface area contributed by atoms with Gasteiger partial charge in [-0.25, -0.2) is 0 Å². The Balaban J connectivity index is 2.38. The second-order valence-corrected chi connectivity index (χ2v) is 3.74. The molecular weight excluding hydrogens is 180 g/mol. The van der Waals surface area contributed by atoms with Gasteiger partial charge in [-0.15, -0.1) is 0 Å². The Morgan fingerprint density at radius 2 is 2.07 bits per heavy atom. The van der Waals surface area contributed by atoms with E-state index in [9.17, 15) is 9.59 Å². The van der Waals surface area contributed by atoms with Gasteiger partial charge in [0.1, 0.15) is 0 Å². The van der Waals surface area contributed by atoms with E-state index in [4.69, 9.17) is 0 Å². The molecule has 0 aromatic rings. The lowest BCUT2D eigenvalue weighted by molar-refractivity contribution is -0.139. The van der Waals surface area contributed by atoms with Gasteiger partial charge in [0.2, 0.25) is 5.78 Å². The molecule has 1 aliphatic carbocycles. The van der Waals surface area contributed by atoms with E-state index in [0.29, 0.717) is 6.42 Å². The maximum absolute atomic E-state index is 11.6. The molecular formula is C10H18N2O2. The third-order valence-corrected chi connectivity index (χ3v) is 2.38. The Morgan fingerprint density at radius 3 is 2.50 bits per heavy atom. The summed E-state index contributed by atoms with van der Waals surface area (Å²) in [4.78, 5) is 22.9. The lowest BCUT2D eigenvalue weighted by Gasteiger charge is -2.12. The van der Waals surface area contributed by atoms with Crippen LogP contribution in [0.2, 0.25) is 0 Å². The van der Waals surface area contributed by atoms with Crippen LogP contribution >= 0.6 is 0 Å². The summed E-state index contributed by atoms with van der Waals surface area (Å²) in [6.45, 7) is 2.00. The number of Topliss-reactive ketones (excluding diaryl/α,β-unsaturated/α-hetero) is 1. The minimum Gasteiger partial charge on any atom is -0.347 e. The first kappa shape index (κ1) is 11.2. The number of carbonyl (C=O) groups excluding carboxylic acids is 2. The highest BCUT2D eigenvalue weighted by molar-refractivity contribution is 6.38. The smallest absolute Gasteiger partial charge is 0.289 e. The number of likely N-dealkylation sites (N-methyl/N-ethyl adjacent to an activating group) is 1. The van der Waals surface area contributed by atoms with Crippen LogP contribution in [0.3, 0.4) is 0 Å². The van der Waals surface area contributed by atoms with E-state index < -0.39 is 5.91 Å². The molecule has 4 heteroatoms. The Labute approximate surface area is 84.4 Å². The van der Waals surface area contributed by atoms with Gasteiger partial charge in [-0.05, 0) is 26.3 Å². The SMILES string of the molecule is CCC[C@H](NC)C(=O)C(=O)NC1CC1. The molecule has 0 aromatic heterocycles. The van der Waals surface area contributed by atoms with Crippen LogP contribution in [0.15, 0.2) is 0 Å². The molecule has 0 saturated heterocycles. The van der Waals surface area contributed by atoms with Crippen molar-refractivity contribution in [2.75, 3.05) is 7.05 Å². The molecule has 0 bridgehead atoms. The predicted octanol–water partition coefficient (Wildman–Crippen LogP) is 0.222. The first-order valence-electron chi connectivity index (χ1n) is 5.21. The van der Waals surface area contributed by atoms with Crippen LogP contribution in [0.5, 0.6) is 0 Å². The zero-order valence-electron chi connectivity index (χ0n) is 8.80. The molecule has 1 aliphatic rings. The lowest BCUT2D eigenvalue weighted by Crippen LogP contribution is -2.44. The largest absolute Gasteiger partial charge is 0.347 e. The van der Waals surface area contributed by atoms with Gasteiger partial charge in [-0.2, -0.15) is 0 Å². The van der Waals surface area contributed by atoms with E-state index in [0.717, 1.165) is 19.3 Å². The highest BCUT2D eigenvalue weighted by atomic mass is 16.2. The van der Waals surface area contributed by atoms with Crippen molar-refractivity contribution in [2.24, 2.45) is 0 Å². The molecule has 0 spiro atoms. The van der Waals surface area contributed by atoms with Crippen molar-refractivity contribution < 1.29 is 9.59 Å². The maximum Gasteiger partial charge on any atom is 0.289 e. The van der Waals surface area contributed by atoms with E-state index in [1.807, 2.05) is 6.92 Å². The summed E-state index contributed by atoms with van der Waals surface area (Å²) in [6.07, 6.45) is 3.63. The van der Waals surface area contributed by atoms with Crippen molar-refractivity contribution in [3.05, 3.63) is 0 Å². The van der Waals surface area contributed by atoms with Gasteiger partial charge in [-0.1, -0.05) is 13.3 Å². The fourth-order valence-electron chi connectivity index (χ4n) is 1.34. The Hall–Kier alpha value is -0.900. The number of rotatable bonds is 6. The summed E-state index contributed by atoms with van der Waals surface area (Å²) in [6, 6.07) is -0.0654. The Bertz CT molecular complexity index is 224. The first-order chi connectivity index (χ1) is 6.69. The molecule has 0 aromatic carbocycles. The van der Waals surface area contributed by atoms with Crippen molar-refractivity contribution in [1.82, 2.24) is 10.6 Å². The molecule has 80 valence electrons. The second kappa shape index (κ2) is 5.10. The van der Waals surface area contributed by atoms with Crippen LogP contribution in [0.25, 0.3) is 0 Å². The quantitative estimate of drug-likeness (QED) is 0.600. The van der Waals surface area contributed by atoms with E-state index in [1.165, 1.54) is 0 Å². The van der Waals surface area contributed by atoms with Gasteiger partial charge in [0.05, 0.1) is 6.04 Å². The second-order valence-electron chi connectivity index (χ2n) is 3.74. The molecule has 1 saturated carbocycles. The van der Waals surface area contributed by atoms with Crippen molar-refractivity contribution in [3.63, 3.8) is 0 Å². The van der Waals surface area contributed by atoms with Gasteiger partial charge in [0.25, 0.3) is 5.91 Å². The molecule has 0 heterocycles. The van der Waals surface area contributed by atoms with Crippen LogP contribution in [-0.2, 0) is 9.59 Å². The molecule has 4 nitrogen and oxygen atoms in total. The number of ketones is 1. The number of amides is 1. The van der Waals surface area contributed by atoms with Crippen LogP contribution in [0.4, 0.5) is 0 Å². The fourth-order valence-corrected chi connectivity index (χ4v) is 1.34. The molecule has 2 N–H and O–H groups in total. The average molecular weight is 198 g/mol. The molecule has 1 rings (SSSR count). The third-order valence-electron chi connectivity index (χ3n) is 2.38. The number of carbonyl (C=O) groups is 2. The molecule has 1 amide bonds. The maximum atomic E-state index is 11.6. The van der Waals surface area contributed by atoms with E-state index >= 15 is 0 Å². The first-order valence-corrected chi connectivity index (χ1v) is 5.21. The molecule has 0 radical (unpaired) electrons. The fraction of sp³-hybridized carbons (Fsp3) is 0.800. The zero-order valence-corrected chi connectivity index (χ0v) is 8.80. The summed E-state index contributed by atoms with van der Waals surface area (Å²) in [5, 5.41) is 5.57. The van der Waals surface area contributed by atoms with E-state index in [2.05, 4.69) is 10.6 Å². The van der Waals surface area contributed by atoms with Gasteiger partial charge in [-0.3, -0.25) is 9.59 Å². The van der Waals surface area contributed by atoms with Crippen LogP contribution in [0, 0.1) is 0 Å². The summed E-state index contributed by atoms with van der Waals surface area (Å²) < 4.78 is 0. The third kappa shape index (κ3) is 3.10. The van der Waals surface area contributed by atoms with Crippen molar-refractivity contribution >= 4 is 11.7 Å². The minimum atomic E-state index is -0.430. The summed E-state index contributed by atoms with van der Waals surface area (Å²) in [5.41, 5.74) is 0. The van der Waals surface area contributed by atoms with Gasteiger partial charge in [0.15, 0.2) is 0 Å². The van der Waals surface area contributed by atoms with Crippen molar-refractivity contribution in [2.45, 2.75) is 44.7 Å². The highest BCUT2D eigenvalue weighted by Crippen LogP contribution is 2.18.